The molecule has 0 aliphatic carbocycles. The quantitative estimate of drug-likeness (QED) is 0.847. The van der Waals surface area contributed by atoms with Crippen LogP contribution in [0.4, 0.5) is 0 Å². The molecule has 0 N–H and O–H groups in total. The van der Waals surface area contributed by atoms with Crippen molar-refractivity contribution in [3.8, 4) is 0 Å². The molecule has 2 aliphatic rings. The summed E-state index contributed by atoms with van der Waals surface area (Å²) in [7, 11) is 0. The van der Waals surface area contributed by atoms with Crippen LogP contribution in [0.1, 0.15) is 41.3 Å². The molecular weight excluding hydrogens is 316 g/mol. The Labute approximate surface area is 147 Å². The van der Waals surface area contributed by atoms with Crippen LogP contribution in [0, 0.1) is 0 Å². The number of hydrogen-bond acceptors (Lipinski definition) is 3. The van der Waals surface area contributed by atoms with Gasteiger partial charge in [0.1, 0.15) is 6.04 Å². The Morgan fingerprint density at radius 1 is 1.00 bits per heavy atom. The van der Waals surface area contributed by atoms with Gasteiger partial charge in [-0.15, -0.1) is 11.3 Å². The van der Waals surface area contributed by atoms with E-state index < -0.39 is 0 Å². The van der Waals surface area contributed by atoms with Crippen molar-refractivity contribution < 1.29 is 4.79 Å². The monoisotopic (exact) mass is 340 g/mol. The molecule has 1 atom stereocenters. The first-order valence-corrected chi connectivity index (χ1v) is 9.84. The number of amides is 1. The lowest BCUT2D eigenvalue weighted by Gasteiger charge is -2.38. The summed E-state index contributed by atoms with van der Waals surface area (Å²) in [5, 5.41) is 2.18. The van der Waals surface area contributed by atoms with Crippen LogP contribution >= 0.6 is 11.3 Å². The Kier molecular flexibility index (Phi) is 4.67. The van der Waals surface area contributed by atoms with Gasteiger partial charge in [0.05, 0.1) is 0 Å². The van der Waals surface area contributed by atoms with Gasteiger partial charge in [0.15, 0.2) is 0 Å². The minimum absolute atomic E-state index is 0.141. The molecule has 1 aromatic carbocycles. The van der Waals surface area contributed by atoms with Crippen molar-refractivity contribution in [2.24, 2.45) is 0 Å². The molecule has 1 fully saturated rings. The topological polar surface area (TPSA) is 23.6 Å². The highest BCUT2D eigenvalue weighted by Gasteiger charge is 2.33. The smallest absolute Gasteiger partial charge is 0.244 e. The van der Waals surface area contributed by atoms with Crippen molar-refractivity contribution >= 4 is 17.2 Å². The fraction of sp³-hybridized carbons (Fsp3) is 0.450. The Hall–Kier alpha value is -1.65. The molecular formula is C20H24N2OS. The SMILES string of the molecule is O=C([C@@H](c1ccccc1)N1CCc2sccc2C1)N1CCCCC1. The first-order valence-electron chi connectivity index (χ1n) is 8.96. The maximum atomic E-state index is 13.3. The summed E-state index contributed by atoms with van der Waals surface area (Å²) in [5.74, 6) is 0.291. The molecule has 4 rings (SSSR count). The summed E-state index contributed by atoms with van der Waals surface area (Å²) in [6.07, 6.45) is 4.59. The number of carbonyl (C=O) groups is 1. The van der Waals surface area contributed by atoms with Crippen LogP contribution < -0.4 is 0 Å². The number of hydrogen-bond donors (Lipinski definition) is 0. The molecule has 24 heavy (non-hydrogen) atoms. The van der Waals surface area contributed by atoms with Crippen molar-refractivity contribution in [3.05, 3.63) is 57.8 Å². The standard InChI is InChI=1S/C20H24N2OS/c23-20(21-11-5-2-6-12-21)19(16-7-3-1-4-8-16)22-13-9-18-17(15-22)10-14-24-18/h1,3-4,7-8,10,14,19H,2,5-6,9,11-13,15H2/t19-/m1/s1. The van der Waals surface area contributed by atoms with Gasteiger partial charge in [-0.05, 0) is 48.3 Å². The van der Waals surface area contributed by atoms with E-state index >= 15 is 0 Å². The summed E-state index contributed by atoms with van der Waals surface area (Å²) in [6.45, 7) is 3.68. The molecule has 1 aromatic heterocycles. The number of fused-ring (bicyclic) bond motifs is 1. The Morgan fingerprint density at radius 2 is 1.79 bits per heavy atom. The van der Waals surface area contributed by atoms with E-state index in [1.807, 2.05) is 29.5 Å². The minimum atomic E-state index is -0.141. The predicted octanol–water partition coefficient (Wildman–Crippen LogP) is 3.86. The van der Waals surface area contributed by atoms with Crippen molar-refractivity contribution in [3.63, 3.8) is 0 Å². The molecule has 1 saturated heterocycles. The molecule has 3 nitrogen and oxygen atoms in total. The van der Waals surface area contributed by atoms with E-state index in [0.29, 0.717) is 5.91 Å². The maximum absolute atomic E-state index is 13.3. The first kappa shape index (κ1) is 15.9. The third-order valence-electron chi connectivity index (χ3n) is 5.22. The third-order valence-corrected chi connectivity index (χ3v) is 6.24. The molecule has 4 heteroatoms. The second kappa shape index (κ2) is 7.08. The molecule has 126 valence electrons. The van der Waals surface area contributed by atoms with Crippen LogP contribution in [0.3, 0.4) is 0 Å². The van der Waals surface area contributed by atoms with Crippen molar-refractivity contribution in [2.45, 2.75) is 38.3 Å². The Morgan fingerprint density at radius 3 is 2.58 bits per heavy atom. The largest absolute Gasteiger partial charge is 0.341 e. The van der Waals surface area contributed by atoms with Crippen LogP contribution in [-0.2, 0) is 17.8 Å². The fourth-order valence-corrected chi connectivity index (χ4v) is 4.81. The minimum Gasteiger partial charge on any atom is -0.341 e. The van der Waals surface area contributed by atoms with Gasteiger partial charge in [0.25, 0.3) is 0 Å². The molecule has 0 spiro atoms. The van der Waals surface area contributed by atoms with Crippen molar-refractivity contribution in [2.75, 3.05) is 19.6 Å². The van der Waals surface area contributed by atoms with Gasteiger partial charge in [-0.2, -0.15) is 0 Å². The van der Waals surface area contributed by atoms with Crippen molar-refractivity contribution in [1.82, 2.24) is 9.80 Å². The number of benzene rings is 1. The molecule has 0 radical (unpaired) electrons. The van der Waals surface area contributed by atoms with Gasteiger partial charge in [0.2, 0.25) is 5.91 Å². The lowest BCUT2D eigenvalue weighted by atomic mass is 9.99. The zero-order chi connectivity index (χ0) is 16.4. The predicted molar refractivity (Wildman–Crippen MR) is 98.0 cm³/mol. The average molecular weight is 340 g/mol. The zero-order valence-corrected chi connectivity index (χ0v) is 14.8. The van der Waals surface area contributed by atoms with Crippen LogP contribution in [0.2, 0.25) is 0 Å². The average Bonchev–Trinajstić information content (AvgIpc) is 3.11. The molecule has 0 bridgehead atoms. The van der Waals surface area contributed by atoms with Gasteiger partial charge < -0.3 is 4.90 Å². The van der Waals surface area contributed by atoms with Gasteiger partial charge in [-0.3, -0.25) is 9.69 Å². The summed E-state index contributed by atoms with van der Waals surface area (Å²) >= 11 is 1.85. The van der Waals surface area contributed by atoms with E-state index in [-0.39, 0.29) is 6.04 Å². The number of nitrogens with zero attached hydrogens (tertiary/aromatic N) is 2. The van der Waals surface area contributed by atoms with Crippen LogP contribution in [0.5, 0.6) is 0 Å². The van der Waals surface area contributed by atoms with Crippen LogP contribution in [0.25, 0.3) is 0 Å². The zero-order valence-electron chi connectivity index (χ0n) is 14.0. The highest BCUT2D eigenvalue weighted by atomic mass is 32.1. The second-order valence-corrected chi connectivity index (χ2v) is 7.79. The second-order valence-electron chi connectivity index (χ2n) is 6.79. The number of rotatable bonds is 3. The molecule has 3 heterocycles. The first-order chi connectivity index (χ1) is 11.8. The summed E-state index contributed by atoms with van der Waals surface area (Å²) in [5.41, 5.74) is 2.53. The molecule has 2 aliphatic heterocycles. The van der Waals surface area contributed by atoms with Crippen LogP contribution in [-0.4, -0.2) is 35.3 Å². The van der Waals surface area contributed by atoms with Crippen LogP contribution in [0.15, 0.2) is 41.8 Å². The number of thiophene rings is 1. The van der Waals surface area contributed by atoms with Gasteiger partial charge in [-0.25, -0.2) is 0 Å². The number of carbonyl (C=O) groups excluding carboxylic acids is 1. The summed E-state index contributed by atoms with van der Waals surface area (Å²) < 4.78 is 0. The van der Waals surface area contributed by atoms with E-state index in [4.69, 9.17) is 0 Å². The van der Waals surface area contributed by atoms with E-state index in [9.17, 15) is 4.79 Å². The molecule has 0 unspecified atom stereocenters. The van der Waals surface area contributed by atoms with Gasteiger partial charge >= 0.3 is 0 Å². The normalized spacial score (nSPS) is 19.8. The lowest BCUT2D eigenvalue weighted by molar-refractivity contribution is -0.138. The maximum Gasteiger partial charge on any atom is 0.244 e. The van der Waals surface area contributed by atoms with E-state index in [1.165, 1.54) is 16.9 Å². The molecule has 2 aromatic rings. The van der Waals surface area contributed by atoms with E-state index in [2.05, 4.69) is 33.4 Å². The highest BCUT2D eigenvalue weighted by Crippen LogP contribution is 2.32. The highest BCUT2D eigenvalue weighted by molar-refractivity contribution is 7.10. The third kappa shape index (κ3) is 3.13. The summed E-state index contributed by atoms with van der Waals surface area (Å²) in [4.78, 5) is 19.3. The lowest BCUT2D eigenvalue weighted by Crippen LogP contribution is -2.46. The summed E-state index contributed by atoms with van der Waals surface area (Å²) in [6, 6.07) is 12.4. The molecule has 0 saturated carbocycles. The molecule has 1 amide bonds. The number of piperidine rings is 1. The fourth-order valence-electron chi connectivity index (χ4n) is 3.92. The van der Waals surface area contributed by atoms with Crippen molar-refractivity contribution in [1.29, 1.82) is 0 Å². The Balaban J connectivity index is 1.62. The van der Waals surface area contributed by atoms with Gasteiger partial charge in [-0.1, -0.05) is 30.3 Å². The Bertz CT molecular complexity index is 691. The van der Waals surface area contributed by atoms with E-state index in [0.717, 1.165) is 51.0 Å². The number of likely N-dealkylation sites (tertiary alicyclic amines) is 1. The van der Waals surface area contributed by atoms with Gasteiger partial charge in [0, 0.05) is 31.1 Å². The van der Waals surface area contributed by atoms with E-state index in [1.54, 1.807) is 0 Å².